The highest BCUT2D eigenvalue weighted by Crippen LogP contribution is 2.15. The minimum Gasteiger partial charge on any atom is -0.462 e. The number of esters is 1. The van der Waals surface area contributed by atoms with E-state index in [9.17, 15) is 14.4 Å². The highest BCUT2D eigenvalue weighted by atomic mass is 35.5. The summed E-state index contributed by atoms with van der Waals surface area (Å²) >= 11 is 7.00. The molecule has 2 rings (SSSR count). The van der Waals surface area contributed by atoms with Crippen LogP contribution in [0.3, 0.4) is 0 Å². The molecule has 2 aromatic rings. The lowest BCUT2D eigenvalue weighted by molar-refractivity contribution is -0.114. The number of thioether (sulfide) groups is 1. The standard InChI is InChI=1S/C21H23ClN2O4S/c1-2-3-11-28-21(27)15-5-4-6-18(12-15)24-20(26)14-29-13-19(25)23-17-9-7-16(22)8-10-17/h4-10,12H,2-3,11,13-14H2,1H3,(H,23,25)(H,24,26). The van der Waals surface area contributed by atoms with Gasteiger partial charge in [0.25, 0.3) is 0 Å². The van der Waals surface area contributed by atoms with Crippen LogP contribution in [0.1, 0.15) is 30.1 Å². The van der Waals surface area contributed by atoms with Crippen LogP contribution in [-0.4, -0.2) is 35.9 Å². The number of nitrogens with one attached hydrogen (secondary N) is 2. The zero-order valence-electron chi connectivity index (χ0n) is 16.1. The van der Waals surface area contributed by atoms with Gasteiger partial charge in [0.1, 0.15) is 0 Å². The van der Waals surface area contributed by atoms with E-state index < -0.39 is 5.97 Å². The van der Waals surface area contributed by atoms with Crippen LogP contribution < -0.4 is 10.6 Å². The Morgan fingerprint density at radius 3 is 2.28 bits per heavy atom. The molecule has 6 nitrogen and oxygen atoms in total. The number of rotatable bonds is 10. The number of carbonyl (C=O) groups excluding carboxylic acids is 3. The maximum absolute atomic E-state index is 12.1. The third-order valence-corrected chi connectivity index (χ3v) is 4.89. The second-order valence-corrected chi connectivity index (χ2v) is 7.59. The summed E-state index contributed by atoms with van der Waals surface area (Å²) in [5.41, 5.74) is 1.53. The fourth-order valence-electron chi connectivity index (χ4n) is 2.28. The summed E-state index contributed by atoms with van der Waals surface area (Å²) < 4.78 is 5.17. The molecule has 2 N–H and O–H groups in total. The average Bonchev–Trinajstić information content (AvgIpc) is 2.70. The molecule has 2 amide bonds. The quantitative estimate of drug-likeness (QED) is 0.421. The fraction of sp³-hybridized carbons (Fsp3) is 0.286. The van der Waals surface area contributed by atoms with Crippen molar-refractivity contribution >= 4 is 52.5 Å². The molecule has 0 atom stereocenters. The smallest absolute Gasteiger partial charge is 0.338 e. The molecule has 0 aliphatic heterocycles. The van der Waals surface area contributed by atoms with Gasteiger partial charge in [-0.3, -0.25) is 9.59 Å². The fourth-order valence-corrected chi connectivity index (χ4v) is 3.02. The zero-order valence-corrected chi connectivity index (χ0v) is 17.6. The lowest BCUT2D eigenvalue weighted by Gasteiger charge is -2.08. The van der Waals surface area contributed by atoms with Crippen LogP contribution in [0.5, 0.6) is 0 Å². The van der Waals surface area contributed by atoms with Crippen molar-refractivity contribution in [2.24, 2.45) is 0 Å². The van der Waals surface area contributed by atoms with E-state index in [1.165, 1.54) is 11.8 Å². The van der Waals surface area contributed by atoms with Crippen molar-refractivity contribution in [3.63, 3.8) is 0 Å². The van der Waals surface area contributed by atoms with Gasteiger partial charge in [-0.25, -0.2) is 4.79 Å². The molecule has 0 unspecified atom stereocenters. The van der Waals surface area contributed by atoms with E-state index >= 15 is 0 Å². The molecule has 0 saturated carbocycles. The zero-order chi connectivity index (χ0) is 21.1. The number of hydrogen-bond acceptors (Lipinski definition) is 5. The molecule has 0 aliphatic rings. The average molecular weight is 435 g/mol. The number of ether oxygens (including phenoxy) is 1. The molecule has 154 valence electrons. The second-order valence-electron chi connectivity index (χ2n) is 6.17. The predicted molar refractivity (Wildman–Crippen MR) is 118 cm³/mol. The largest absolute Gasteiger partial charge is 0.462 e. The molecular formula is C21H23ClN2O4S. The predicted octanol–water partition coefficient (Wildman–Crippen LogP) is 4.61. The maximum Gasteiger partial charge on any atom is 0.338 e. The van der Waals surface area contributed by atoms with E-state index in [1.807, 2.05) is 6.92 Å². The van der Waals surface area contributed by atoms with Gasteiger partial charge in [-0.15, -0.1) is 11.8 Å². The first-order chi connectivity index (χ1) is 14.0. The van der Waals surface area contributed by atoms with Crippen molar-refractivity contribution in [2.75, 3.05) is 28.7 Å². The summed E-state index contributed by atoms with van der Waals surface area (Å²) in [6.07, 6.45) is 1.75. The Bertz CT molecular complexity index is 843. The first-order valence-electron chi connectivity index (χ1n) is 9.18. The molecule has 0 bridgehead atoms. The Labute approximate surface area is 179 Å². The highest BCUT2D eigenvalue weighted by Gasteiger charge is 2.10. The summed E-state index contributed by atoms with van der Waals surface area (Å²) in [7, 11) is 0. The van der Waals surface area contributed by atoms with Crippen molar-refractivity contribution in [1.82, 2.24) is 0 Å². The Balaban J connectivity index is 1.74. The summed E-state index contributed by atoms with van der Waals surface area (Å²) in [5, 5.41) is 6.04. The molecule has 0 saturated heterocycles. The van der Waals surface area contributed by atoms with E-state index in [-0.39, 0.29) is 23.3 Å². The van der Waals surface area contributed by atoms with Crippen LogP contribution in [0, 0.1) is 0 Å². The van der Waals surface area contributed by atoms with E-state index in [1.54, 1.807) is 48.5 Å². The highest BCUT2D eigenvalue weighted by molar-refractivity contribution is 8.00. The van der Waals surface area contributed by atoms with Crippen molar-refractivity contribution in [2.45, 2.75) is 19.8 Å². The lowest BCUT2D eigenvalue weighted by Crippen LogP contribution is -2.18. The Hall–Kier alpha value is -2.51. The van der Waals surface area contributed by atoms with Crippen molar-refractivity contribution < 1.29 is 19.1 Å². The molecule has 0 radical (unpaired) electrons. The molecule has 8 heteroatoms. The molecule has 0 aromatic heterocycles. The normalized spacial score (nSPS) is 10.3. The number of halogens is 1. The lowest BCUT2D eigenvalue weighted by atomic mass is 10.2. The summed E-state index contributed by atoms with van der Waals surface area (Å²) in [6.45, 7) is 2.39. The molecule has 0 aliphatic carbocycles. The van der Waals surface area contributed by atoms with Gasteiger partial charge >= 0.3 is 5.97 Å². The summed E-state index contributed by atoms with van der Waals surface area (Å²) in [4.78, 5) is 36.0. The number of carbonyl (C=O) groups is 3. The Morgan fingerprint density at radius 2 is 1.62 bits per heavy atom. The summed E-state index contributed by atoms with van der Waals surface area (Å²) in [6, 6.07) is 13.4. The number of benzene rings is 2. The molecular weight excluding hydrogens is 412 g/mol. The van der Waals surface area contributed by atoms with Gasteiger partial charge < -0.3 is 15.4 Å². The third-order valence-electron chi connectivity index (χ3n) is 3.71. The first-order valence-corrected chi connectivity index (χ1v) is 10.7. The van der Waals surface area contributed by atoms with Gasteiger partial charge in [0, 0.05) is 16.4 Å². The molecule has 2 aromatic carbocycles. The number of unbranched alkanes of at least 4 members (excludes halogenated alkanes) is 1. The van der Waals surface area contributed by atoms with Crippen LogP contribution in [0.4, 0.5) is 11.4 Å². The van der Waals surface area contributed by atoms with Crippen LogP contribution in [0.25, 0.3) is 0 Å². The Morgan fingerprint density at radius 1 is 0.966 bits per heavy atom. The number of anilines is 2. The van der Waals surface area contributed by atoms with Gasteiger partial charge in [-0.05, 0) is 48.9 Å². The van der Waals surface area contributed by atoms with Crippen molar-refractivity contribution in [1.29, 1.82) is 0 Å². The van der Waals surface area contributed by atoms with Gasteiger partial charge in [0.15, 0.2) is 0 Å². The number of amides is 2. The van der Waals surface area contributed by atoms with Gasteiger partial charge in [0.05, 0.1) is 23.7 Å². The van der Waals surface area contributed by atoms with Crippen LogP contribution in [0.15, 0.2) is 48.5 Å². The van der Waals surface area contributed by atoms with Crippen molar-refractivity contribution in [3.8, 4) is 0 Å². The molecule has 0 spiro atoms. The van der Waals surface area contributed by atoms with Crippen molar-refractivity contribution in [3.05, 3.63) is 59.1 Å². The maximum atomic E-state index is 12.1. The minimum atomic E-state index is -0.414. The topological polar surface area (TPSA) is 84.5 Å². The molecule has 0 fully saturated rings. The first kappa shape index (κ1) is 22.8. The molecule has 29 heavy (non-hydrogen) atoms. The van der Waals surface area contributed by atoms with Gasteiger partial charge in [-0.1, -0.05) is 31.0 Å². The van der Waals surface area contributed by atoms with E-state index in [4.69, 9.17) is 16.3 Å². The van der Waals surface area contributed by atoms with Crippen LogP contribution >= 0.6 is 23.4 Å². The minimum absolute atomic E-state index is 0.110. The van der Waals surface area contributed by atoms with Gasteiger partial charge in [0.2, 0.25) is 11.8 Å². The molecule has 0 heterocycles. The van der Waals surface area contributed by atoms with Crippen LogP contribution in [0.2, 0.25) is 5.02 Å². The monoisotopic (exact) mass is 434 g/mol. The van der Waals surface area contributed by atoms with Gasteiger partial charge in [-0.2, -0.15) is 0 Å². The number of hydrogen-bond donors (Lipinski definition) is 2. The van der Waals surface area contributed by atoms with E-state index in [2.05, 4.69) is 10.6 Å². The summed E-state index contributed by atoms with van der Waals surface area (Å²) in [5.74, 6) is -0.630. The third kappa shape index (κ3) is 8.58. The SMILES string of the molecule is CCCCOC(=O)c1cccc(NC(=O)CSCC(=O)Nc2ccc(Cl)cc2)c1. The van der Waals surface area contributed by atoms with E-state index in [0.717, 1.165) is 12.8 Å². The second kappa shape index (κ2) is 12.1. The van der Waals surface area contributed by atoms with Crippen LogP contribution in [-0.2, 0) is 14.3 Å². The van der Waals surface area contributed by atoms with E-state index in [0.29, 0.717) is 28.6 Å². The Kier molecular flexibility index (Phi) is 9.53.